The largest absolute Gasteiger partial charge is 0.454 e. The zero-order valence-electron chi connectivity index (χ0n) is 15.8. The molecule has 2 N–H and O–H groups in total. The van der Waals surface area contributed by atoms with Gasteiger partial charge in [0.05, 0.1) is 5.54 Å². The Balaban J connectivity index is 0.000000502. The molecule has 2 aromatic rings. The van der Waals surface area contributed by atoms with Gasteiger partial charge in [0.1, 0.15) is 0 Å². The highest BCUT2D eigenvalue weighted by molar-refractivity contribution is 6.30. The van der Waals surface area contributed by atoms with Crippen molar-refractivity contribution in [2.45, 2.75) is 32.2 Å². The molecule has 0 aliphatic carbocycles. The number of rotatable bonds is 2. The third-order valence-electron chi connectivity index (χ3n) is 3.62. The minimum atomic E-state index is -0.392. The molecule has 0 saturated carbocycles. The molecular formula is C19H24Cl4N2O3. The molecule has 1 amide bonds. The maximum Gasteiger partial charge on any atom is 0.268 e. The molecule has 0 fully saturated rings. The third-order valence-corrected chi connectivity index (χ3v) is 4.18. The second-order valence-corrected chi connectivity index (χ2v) is 7.38. The van der Waals surface area contributed by atoms with Gasteiger partial charge in [0.25, 0.3) is 5.91 Å². The molecule has 5 nitrogen and oxygen atoms in total. The maximum atomic E-state index is 11.9. The minimum absolute atomic E-state index is 0. The molecule has 0 radical (unpaired) electrons. The van der Waals surface area contributed by atoms with Gasteiger partial charge in [-0.3, -0.25) is 9.80 Å². The topological polar surface area (TPSA) is 64.8 Å². The van der Waals surface area contributed by atoms with Gasteiger partial charge in [0.15, 0.2) is 11.5 Å². The van der Waals surface area contributed by atoms with Crippen molar-refractivity contribution >= 4 is 53.9 Å². The van der Waals surface area contributed by atoms with Crippen LogP contribution >= 0.6 is 48.0 Å². The molecule has 0 atom stereocenters. The van der Waals surface area contributed by atoms with Crippen molar-refractivity contribution in [2.24, 2.45) is 5.84 Å². The van der Waals surface area contributed by atoms with Crippen LogP contribution in [0.5, 0.6) is 11.5 Å². The number of hydrogen-bond acceptors (Lipinski definition) is 4. The number of ether oxygens (including phenoxy) is 2. The van der Waals surface area contributed by atoms with Gasteiger partial charge in [-0.25, -0.2) is 5.84 Å². The van der Waals surface area contributed by atoms with Crippen LogP contribution in [0.1, 0.15) is 36.7 Å². The summed E-state index contributed by atoms with van der Waals surface area (Å²) in [4.78, 5) is 11.9. The summed E-state index contributed by atoms with van der Waals surface area (Å²) in [6.07, 6.45) is 0. The first-order valence-electron chi connectivity index (χ1n) is 8.01. The Labute approximate surface area is 187 Å². The Hall–Kier alpha value is -1.37. The van der Waals surface area contributed by atoms with E-state index in [1.54, 1.807) is 24.3 Å². The number of hydrazine groups is 1. The molecule has 3 rings (SSSR count). The zero-order valence-corrected chi connectivity index (χ0v) is 18.9. The van der Waals surface area contributed by atoms with Crippen LogP contribution in [0.25, 0.3) is 0 Å². The van der Waals surface area contributed by atoms with Gasteiger partial charge < -0.3 is 9.47 Å². The molecule has 1 aliphatic heterocycles. The van der Waals surface area contributed by atoms with E-state index < -0.39 is 5.54 Å². The SMILES string of the molecule is CC(C)(C)N(N)C(=O)c1ccc(Cl)cc1.Cl.Cl.ClCc1ccc2c(c1)OCO2. The molecule has 0 bridgehead atoms. The average molecular weight is 470 g/mol. The number of hydrogen-bond donors (Lipinski definition) is 1. The molecule has 1 aliphatic rings. The number of amides is 1. The molecule has 28 heavy (non-hydrogen) atoms. The van der Waals surface area contributed by atoms with E-state index in [1.165, 1.54) is 5.01 Å². The summed E-state index contributed by atoms with van der Waals surface area (Å²) in [7, 11) is 0. The lowest BCUT2D eigenvalue weighted by molar-refractivity contribution is 0.0582. The lowest BCUT2D eigenvalue weighted by atomic mass is 10.1. The first-order valence-corrected chi connectivity index (χ1v) is 8.93. The predicted molar refractivity (Wildman–Crippen MR) is 118 cm³/mol. The first kappa shape index (κ1) is 26.6. The van der Waals surface area contributed by atoms with Gasteiger partial charge >= 0.3 is 0 Å². The lowest BCUT2D eigenvalue weighted by Crippen LogP contribution is -2.50. The normalized spacial score (nSPS) is 11.4. The van der Waals surface area contributed by atoms with Gasteiger partial charge in [0.2, 0.25) is 6.79 Å². The summed E-state index contributed by atoms with van der Waals surface area (Å²) in [5.74, 6) is 7.62. The van der Waals surface area contributed by atoms with Crippen molar-refractivity contribution in [3.05, 3.63) is 58.6 Å². The fourth-order valence-corrected chi connectivity index (χ4v) is 2.35. The van der Waals surface area contributed by atoms with Crippen molar-refractivity contribution in [3.8, 4) is 11.5 Å². The van der Waals surface area contributed by atoms with Gasteiger partial charge in [-0.1, -0.05) is 17.7 Å². The Bertz CT molecular complexity index is 765. The molecule has 0 aromatic heterocycles. The highest BCUT2D eigenvalue weighted by atomic mass is 35.5. The summed E-state index contributed by atoms with van der Waals surface area (Å²) in [5, 5.41) is 1.82. The molecule has 0 spiro atoms. The van der Waals surface area contributed by atoms with E-state index in [0.717, 1.165) is 17.1 Å². The van der Waals surface area contributed by atoms with E-state index in [0.29, 0.717) is 23.3 Å². The van der Waals surface area contributed by atoms with Crippen molar-refractivity contribution in [1.82, 2.24) is 5.01 Å². The van der Waals surface area contributed by atoms with Crippen LogP contribution in [0.2, 0.25) is 5.02 Å². The minimum Gasteiger partial charge on any atom is -0.454 e. The van der Waals surface area contributed by atoms with E-state index in [1.807, 2.05) is 39.0 Å². The van der Waals surface area contributed by atoms with Crippen molar-refractivity contribution in [3.63, 3.8) is 0 Å². The quantitative estimate of drug-likeness (QED) is 0.274. The van der Waals surface area contributed by atoms with Crippen LogP contribution in [-0.4, -0.2) is 23.2 Å². The summed E-state index contributed by atoms with van der Waals surface area (Å²) >= 11 is 11.4. The Morgan fingerprint density at radius 1 is 1.07 bits per heavy atom. The summed E-state index contributed by atoms with van der Waals surface area (Å²) < 4.78 is 10.3. The van der Waals surface area contributed by atoms with Crippen LogP contribution in [0.15, 0.2) is 42.5 Å². The van der Waals surface area contributed by atoms with Crippen LogP contribution < -0.4 is 15.3 Å². The highest BCUT2D eigenvalue weighted by Gasteiger charge is 2.24. The number of alkyl halides is 1. The van der Waals surface area contributed by atoms with E-state index in [4.69, 9.17) is 38.5 Å². The van der Waals surface area contributed by atoms with E-state index in [2.05, 4.69) is 0 Å². The van der Waals surface area contributed by atoms with Gasteiger partial charge in [0, 0.05) is 16.5 Å². The second kappa shape index (κ2) is 11.6. The summed E-state index contributed by atoms with van der Waals surface area (Å²) in [6, 6.07) is 12.4. The molecular weight excluding hydrogens is 446 g/mol. The molecule has 9 heteroatoms. The molecule has 156 valence electrons. The van der Waals surface area contributed by atoms with Crippen LogP contribution in [0, 0.1) is 0 Å². The van der Waals surface area contributed by atoms with Crippen molar-refractivity contribution < 1.29 is 14.3 Å². The molecule has 0 saturated heterocycles. The van der Waals surface area contributed by atoms with E-state index in [-0.39, 0.29) is 30.7 Å². The average Bonchev–Trinajstić information content (AvgIpc) is 3.08. The zero-order chi connectivity index (χ0) is 19.3. The summed E-state index contributed by atoms with van der Waals surface area (Å²) in [5.41, 5.74) is 1.20. The fraction of sp³-hybridized carbons (Fsp3) is 0.316. The smallest absolute Gasteiger partial charge is 0.268 e. The fourth-order valence-electron chi connectivity index (χ4n) is 2.06. The predicted octanol–water partition coefficient (Wildman–Crippen LogP) is 5.45. The number of carbonyl (C=O) groups excluding carboxylic acids is 1. The number of nitrogens with two attached hydrogens (primary N) is 1. The van der Waals surface area contributed by atoms with Gasteiger partial charge in [-0.2, -0.15) is 0 Å². The van der Waals surface area contributed by atoms with Crippen LogP contribution in [0.4, 0.5) is 0 Å². The lowest BCUT2D eigenvalue weighted by Gasteiger charge is -2.31. The second-order valence-electron chi connectivity index (χ2n) is 6.67. The number of benzene rings is 2. The Kier molecular flexibility index (Phi) is 11.0. The Morgan fingerprint density at radius 2 is 1.64 bits per heavy atom. The molecule has 1 heterocycles. The van der Waals surface area contributed by atoms with Crippen LogP contribution in [0.3, 0.4) is 0 Å². The van der Waals surface area contributed by atoms with Crippen molar-refractivity contribution in [2.75, 3.05) is 6.79 Å². The van der Waals surface area contributed by atoms with Crippen molar-refractivity contribution in [1.29, 1.82) is 0 Å². The Morgan fingerprint density at radius 3 is 2.18 bits per heavy atom. The van der Waals surface area contributed by atoms with Gasteiger partial charge in [-0.05, 0) is 62.7 Å². The number of nitrogens with zero attached hydrogens (tertiary/aromatic N) is 1. The number of fused-ring (bicyclic) bond motifs is 1. The van der Waals surface area contributed by atoms with Crippen LogP contribution in [-0.2, 0) is 5.88 Å². The third kappa shape index (κ3) is 7.22. The standard InChI is InChI=1S/C11H15ClN2O.C8H7ClO2.2ClH/c1-11(2,3)14(13)10(15)8-4-6-9(12)7-5-8;9-4-6-1-2-7-8(3-6)11-5-10-7;;/h4-7H,13H2,1-3H3;1-3H,4-5H2;2*1H. The highest BCUT2D eigenvalue weighted by Crippen LogP contribution is 2.32. The first-order chi connectivity index (χ1) is 12.2. The number of halogens is 4. The molecule has 0 unspecified atom stereocenters. The maximum absolute atomic E-state index is 11.9. The van der Waals surface area contributed by atoms with E-state index in [9.17, 15) is 4.79 Å². The van der Waals surface area contributed by atoms with E-state index >= 15 is 0 Å². The monoisotopic (exact) mass is 468 g/mol. The van der Waals surface area contributed by atoms with Gasteiger partial charge in [-0.15, -0.1) is 36.4 Å². The number of carbonyl (C=O) groups is 1. The molecule has 2 aromatic carbocycles. The summed E-state index contributed by atoms with van der Waals surface area (Å²) in [6.45, 7) is 5.95.